The molecule has 6 aromatic carbocycles. The molecule has 0 spiro atoms. The summed E-state index contributed by atoms with van der Waals surface area (Å²) >= 11 is 0. The van der Waals surface area contributed by atoms with Crippen molar-refractivity contribution in [2.24, 2.45) is 0 Å². The molecule has 0 aromatic heterocycles. The van der Waals surface area contributed by atoms with Gasteiger partial charge in [-0.2, -0.15) is 0 Å². The van der Waals surface area contributed by atoms with Gasteiger partial charge in [-0.05, 0) is 56.6 Å². The highest BCUT2D eigenvalue weighted by atomic mass is 16.5. The van der Waals surface area contributed by atoms with Crippen molar-refractivity contribution < 1.29 is 19.1 Å². The van der Waals surface area contributed by atoms with E-state index in [1.54, 1.807) is 0 Å². The van der Waals surface area contributed by atoms with Crippen molar-refractivity contribution >= 4 is 55.0 Å². The summed E-state index contributed by atoms with van der Waals surface area (Å²) in [5, 5.41) is 7.53. The Morgan fingerprint density at radius 1 is 0.500 bits per heavy atom. The first-order valence-corrected chi connectivity index (χ1v) is 13.7. The number of aryl methyl sites for hydroxylation is 2. The third-order valence-electron chi connectivity index (χ3n) is 7.64. The van der Waals surface area contributed by atoms with Crippen LogP contribution < -0.4 is 9.47 Å². The van der Waals surface area contributed by atoms with Crippen molar-refractivity contribution in [3.8, 4) is 22.6 Å². The van der Waals surface area contributed by atoms with Gasteiger partial charge in [0.05, 0.1) is 0 Å². The fraction of sp³-hybridized carbons (Fsp3) is 0.167. The van der Waals surface area contributed by atoms with E-state index in [9.17, 15) is 9.59 Å². The number of benzene rings is 6. The molecule has 0 aliphatic heterocycles. The first-order valence-electron chi connectivity index (χ1n) is 13.7. The van der Waals surface area contributed by atoms with E-state index in [0.717, 1.165) is 67.1 Å². The fourth-order valence-electron chi connectivity index (χ4n) is 5.86. The van der Waals surface area contributed by atoms with Gasteiger partial charge in [0.2, 0.25) is 0 Å². The summed E-state index contributed by atoms with van der Waals surface area (Å²) < 4.78 is 11.8. The molecule has 0 atom stereocenters. The Bertz CT molecular complexity index is 1840. The van der Waals surface area contributed by atoms with E-state index in [1.807, 2.05) is 36.4 Å². The Balaban J connectivity index is 1.91. The van der Waals surface area contributed by atoms with E-state index in [2.05, 4.69) is 62.4 Å². The molecule has 6 aromatic rings. The summed E-state index contributed by atoms with van der Waals surface area (Å²) in [5.74, 6) is 0.439. The summed E-state index contributed by atoms with van der Waals surface area (Å²) in [5.41, 5.74) is 4.52. The molecule has 0 saturated carbocycles. The van der Waals surface area contributed by atoms with Gasteiger partial charge in [-0.15, -0.1) is 0 Å². The number of carbonyl (C=O) groups excluding carboxylic acids is 2. The van der Waals surface area contributed by atoms with Crippen molar-refractivity contribution in [2.45, 2.75) is 40.5 Å². The normalized spacial score (nSPS) is 11.4. The number of hydrogen-bond donors (Lipinski definition) is 0. The van der Waals surface area contributed by atoms with Crippen LogP contribution in [0.5, 0.6) is 11.5 Å². The number of esters is 2. The topological polar surface area (TPSA) is 52.6 Å². The van der Waals surface area contributed by atoms with E-state index >= 15 is 0 Å². The molecule has 0 saturated heterocycles. The van der Waals surface area contributed by atoms with E-state index < -0.39 is 0 Å². The average molecular weight is 527 g/mol. The van der Waals surface area contributed by atoms with Crippen molar-refractivity contribution in [2.75, 3.05) is 0 Å². The Kier molecular flexibility index (Phi) is 6.47. The predicted octanol–water partition coefficient (Wildman–Crippen LogP) is 8.94. The lowest BCUT2D eigenvalue weighted by Crippen LogP contribution is -2.05. The van der Waals surface area contributed by atoms with Gasteiger partial charge < -0.3 is 9.47 Å². The van der Waals surface area contributed by atoms with Gasteiger partial charge in [0.25, 0.3) is 0 Å². The van der Waals surface area contributed by atoms with Crippen molar-refractivity contribution in [3.63, 3.8) is 0 Å². The predicted molar refractivity (Wildman–Crippen MR) is 163 cm³/mol. The largest absolute Gasteiger partial charge is 0.425 e. The molecule has 0 aliphatic rings. The van der Waals surface area contributed by atoms with Gasteiger partial charge in [-0.1, -0.05) is 98.8 Å². The lowest BCUT2D eigenvalue weighted by Gasteiger charge is -2.21. The van der Waals surface area contributed by atoms with E-state index in [4.69, 9.17) is 9.47 Å². The van der Waals surface area contributed by atoms with Crippen LogP contribution in [0.2, 0.25) is 0 Å². The van der Waals surface area contributed by atoms with Crippen LogP contribution in [0.1, 0.15) is 38.8 Å². The van der Waals surface area contributed by atoms with Gasteiger partial charge in [0.15, 0.2) is 0 Å². The molecule has 198 valence electrons. The van der Waals surface area contributed by atoms with E-state index in [0.29, 0.717) is 11.5 Å². The van der Waals surface area contributed by atoms with Gasteiger partial charge in [0, 0.05) is 35.4 Å². The van der Waals surface area contributed by atoms with Crippen LogP contribution in [0.4, 0.5) is 0 Å². The molecule has 0 aliphatic carbocycles. The highest BCUT2D eigenvalue weighted by Crippen LogP contribution is 2.50. The highest BCUT2D eigenvalue weighted by Gasteiger charge is 2.23. The van der Waals surface area contributed by atoms with Crippen molar-refractivity contribution in [1.29, 1.82) is 0 Å². The molecular weight excluding hydrogens is 496 g/mol. The molecule has 4 nitrogen and oxygen atoms in total. The van der Waals surface area contributed by atoms with Gasteiger partial charge in [-0.25, -0.2) is 0 Å². The van der Waals surface area contributed by atoms with Crippen LogP contribution in [0.25, 0.3) is 54.2 Å². The molecule has 6 rings (SSSR count). The zero-order valence-corrected chi connectivity index (χ0v) is 23.1. The lowest BCUT2D eigenvalue weighted by atomic mass is 9.84. The maximum Gasteiger partial charge on any atom is 0.308 e. The molecule has 0 N–H and O–H groups in total. The average Bonchev–Trinajstić information content (AvgIpc) is 2.96. The molecule has 0 heterocycles. The summed E-state index contributed by atoms with van der Waals surface area (Å²) in [6.07, 6.45) is 1.75. The molecule has 0 bridgehead atoms. The SMILES string of the molecule is CCc1ccc2c(OC(C)=O)c3ccccc3c(-c3c4ccccc4c(OC(C)=O)c4ccc(CC)cc34)c2c1. The number of hydrogen-bond acceptors (Lipinski definition) is 4. The molecule has 0 unspecified atom stereocenters. The Labute approximate surface area is 233 Å². The van der Waals surface area contributed by atoms with Crippen LogP contribution in [-0.2, 0) is 22.4 Å². The van der Waals surface area contributed by atoms with Crippen molar-refractivity contribution in [1.82, 2.24) is 0 Å². The second-order valence-electron chi connectivity index (χ2n) is 10.2. The van der Waals surface area contributed by atoms with Crippen LogP contribution in [0.15, 0.2) is 84.9 Å². The quantitative estimate of drug-likeness (QED) is 0.128. The fourth-order valence-corrected chi connectivity index (χ4v) is 5.86. The molecule has 40 heavy (non-hydrogen) atoms. The Morgan fingerprint density at radius 3 is 1.20 bits per heavy atom. The molecule has 4 heteroatoms. The Morgan fingerprint density at radius 2 is 0.850 bits per heavy atom. The number of ether oxygens (including phenoxy) is 2. The van der Waals surface area contributed by atoms with E-state index in [1.165, 1.54) is 25.0 Å². The van der Waals surface area contributed by atoms with Crippen LogP contribution in [0.3, 0.4) is 0 Å². The highest BCUT2D eigenvalue weighted by molar-refractivity contribution is 6.27. The maximum absolute atomic E-state index is 12.3. The molecular formula is C36H30O4. The van der Waals surface area contributed by atoms with Crippen LogP contribution >= 0.6 is 0 Å². The van der Waals surface area contributed by atoms with Gasteiger partial charge in [-0.3, -0.25) is 9.59 Å². The first-order chi connectivity index (χ1) is 19.4. The van der Waals surface area contributed by atoms with Gasteiger partial charge >= 0.3 is 11.9 Å². The third-order valence-corrected chi connectivity index (χ3v) is 7.64. The summed E-state index contributed by atoms with van der Waals surface area (Å²) in [6.45, 7) is 7.16. The number of rotatable bonds is 5. The lowest BCUT2D eigenvalue weighted by molar-refractivity contribution is -0.132. The zero-order valence-electron chi connectivity index (χ0n) is 23.1. The summed E-state index contributed by atoms with van der Waals surface area (Å²) in [4.78, 5) is 24.5. The van der Waals surface area contributed by atoms with E-state index in [-0.39, 0.29) is 11.9 Å². The minimum absolute atomic E-state index is 0.354. The first kappa shape index (κ1) is 25.6. The monoisotopic (exact) mass is 526 g/mol. The third kappa shape index (κ3) is 4.17. The standard InChI is InChI=1S/C36H30O4/c1-5-23-15-17-29-31(19-23)33(25-11-7-9-13-27(25)35(29)39-21(3)37)34-26-12-8-10-14-28(26)36(40-22(4)38)30-18-16-24(6-2)20-32(30)34/h7-20H,5-6H2,1-4H3. The maximum atomic E-state index is 12.3. The van der Waals surface area contributed by atoms with Crippen LogP contribution in [0, 0.1) is 0 Å². The minimum atomic E-state index is -0.354. The van der Waals surface area contributed by atoms with Gasteiger partial charge in [0.1, 0.15) is 11.5 Å². The molecule has 0 amide bonds. The molecule has 0 radical (unpaired) electrons. The minimum Gasteiger partial charge on any atom is -0.425 e. The summed E-state index contributed by atoms with van der Waals surface area (Å²) in [7, 11) is 0. The second kappa shape index (κ2) is 10.1. The Hall–Kier alpha value is -4.70. The van der Waals surface area contributed by atoms with Crippen LogP contribution in [-0.4, -0.2) is 11.9 Å². The smallest absolute Gasteiger partial charge is 0.308 e. The zero-order chi connectivity index (χ0) is 28.0. The number of carbonyl (C=O) groups is 2. The van der Waals surface area contributed by atoms with Crippen molar-refractivity contribution in [3.05, 3.63) is 96.1 Å². The number of fused-ring (bicyclic) bond motifs is 4. The summed E-state index contributed by atoms with van der Waals surface area (Å²) in [6, 6.07) is 29.0. The second-order valence-corrected chi connectivity index (χ2v) is 10.2. The molecule has 0 fully saturated rings.